The van der Waals surface area contributed by atoms with Crippen LogP contribution in [0, 0.1) is 10.1 Å². The molecule has 8 nitrogen and oxygen atoms in total. The van der Waals surface area contributed by atoms with Gasteiger partial charge in [0.2, 0.25) is 0 Å². The predicted octanol–water partition coefficient (Wildman–Crippen LogP) is 0.830. The number of nitrogens with zero attached hydrogens (tertiary/aromatic N) is 2. The molecule has 150 valence electrons. The molecule has 0 bridgehead atoms. The van der Waals surface area contributed by atoms with Crippen molar-refractivity contribution < 1.29 is 23.3 Å². The van der Waals surface area contributed by atoms with Crippen molar-refractivity contribution >= 4 is 21.4 Å². The highest BCUT2D eigenvalue weighted by atomic mass is 32.2. The van der Waals surface area contributed by atoms with Gasteiger partial charge >= 0.3 is 0 Å². The number of nitrogens with one attached hydrogen (secondary N) is 1. The molecule has 0 aliphatic carbocycles. The molecule has 2 aromatic rings. The monoisotopic (exact) mass is 406 g/mol. The van der Waals surface area contributed by atoms with Crippen molar-refractivity contribution in [2.24, 2.45) is 0 Å². The zero-order chi connectivity index (χ0) is 20.1. The van der Waals surface area contributed by atoms with Crippen LogP contribution in [0.15, 0.2) is 59.5 Å². The Bertz CT molecular complexity index is 914. The first-order valence-electron chi connectivity index (χ1n) is 9.22. The van der Waals surface area contributed by atoms with E-state index in [0.717, 1.165) is 30.2 Å². The third-order valence-corrected chi connectivity index (χ3v) is 6.68. The first-order valence-corrected chi connectivity index (χ1v) is 10.7. The van der Waals surface area contributed by atoms with E-state index < -0.39 is 21.1 Å². The van der Waals surface area contributed by atoms with E-state index in [4.69, 9.17) is 0 Å². The Morgan fingerprint density at radius 2 is 1.79 bits per heavy atom. The van der Waals surface area contributed by atoms with Crippen LogP contribution in [-0.4, -0.2) is 50.7 Å². The Balaban J connectivity index is 1.93. The number of nitro groups is 1. The average Bonchev–Trinajstić information content (AvgIpc) is 3.19. The highest BCUT2D eigenvalue weighted by Gasteiger charge is 2.30. The summed E-state index contributed by atoms with van der Waals surface area (Å²) >= 11 is 0. The highest BCUT2D eigenvalue weighted by molar-refractivity contribution is 7.92. The van der Waals surface area contributed by atoms with Crippen molar-refractivity contribution in [3.8, 4) is 0 Å². The molecule has 0 amide bonds. The molecule has 1 heterocycles. The molecule has 1 aliphatic rings. The molecule has 0 radical (unpaired) electrons. The molecule has 1 fully saturated rings. The smallest absolute Gasteiger partial charge is 0.271 e. The van der Waals surface area contributed by atoms with Gasteiger partial charge in [-0.1, -0.05) is 24.3 Å². The zero-order valence-corrected chi connectivity index (χ0v) is 16.2. The van der Waals surface area contributed by atoms with Crippen molar-refractivity contribution in [3.63, 3.8) is 0 Å². The van der Waals surface area contributed by atoms with Gasteiger partial charge in [-0.3, -0.25) is 14.4 Å². The minimum Gasteiger partial charge on any atom is -0.385 e. The quantitative estimate of drug-likeness (QED) is 0.499. The molecule has 1 aliphatic heterocycles. The molecule has 1 atom stereocenters. The first-order chi connectivity index (χ1) is 13.4. The molecule has 2 N–H and O–H groups in total. The number of hydrogen-bond acceptors (Lipinski definition) is 5. The van der Waals surface area contributed by atoms with E-state index in [9.17, 15) is 23.6 Å². The van der Waals surface area contributed by atoms with E-state index in [1.54, 1.807) is 18.2 Å². The summed E-state index contributed by atoms with van der Waals surface area (Å²) in [5, 5.41) is 21.7. The topological polar surface area (TPSA) is 105 Å². The van der Waals surface area contributed by atoms with Crippen molar-refractivity contribution in [2.75, 3.05) is 30.5 Å². The fourth-order valence-corrected chi connectivity index (χ4v) is 5.01. The Morgan fingerprint density at radius 3 is 2.43 bits per heavy atom. The van der Waals surface area contributed by atoms with Crippen molar-refractivity contribution in [1.82, 2.24) is 0 Å². The molecule has 0 spiro atoms. The number of aliphatic hydroxyl groups is 1. The van der Waals surface area contributed by atoms with Gasteiger partial charge in [-0.2, -0.15) is 0 Å². The number of anilines is 1. The van der Waals surface area contributed by atoms with Gasteiger partial charge in [0, 0.05) is 25.0 Å². The van der Waals surface area contributed by atoms with E-state index in [0.29, 0.717) is 6.54 Å². The number of sulfonamides is 1. The second-order valence-electron chi connectivity index (χ2n) is 6.94. The Kier molecular flexibility index (Phi) is 6.28. The lowest BCUT2D eigenvalue weighted by atomic mass is 10.2. The summed E-state index contributed by atoms with van der Waals surface area (Å²) in [4.78, 5) is 11.9. The lowest BCUT2D eigenvalue weighted by molar-refractivity contribution is -0.890. The standard InChI is InChI=1S/C19H23N3O5S/c23-18(14-20-11-4-5-12-20)15-21(16-7-6-8-17(13-16)22(24)25)28(26,27)19-9-2-1-3-10-19/h1-3,6-10,13,18,23H,4-5,11-12,14-15H2/p+1/t18-/m1/s1. The number of quaternary nitrogens is 1. The molecule has 0 unspecified atom stereocenters. The molecular formula is C19H24N3O5S+. The van der Waals surface area contributed by atoms with Crippen LogP contribution in [0.3, 0.4) is 0 Å². The molecule has 9 heteroatoms. The maximum absolute atomic E-state index is 13.2. The van der Waals surface area contributed by atoms with Crippen molar-refractivity contribution in [2.45, 2.75) is 23.8 Å². The largest absolute Gasteiger partial charge is 0.385 e. The molecule has 1 saturated heterocycles. The van der Waals surface area contributed by atoms with Crippen molar-refractivity contribution in [1.29, 1.82) is 0 Å². The summed E-state index contributed by atoms with van der Waals surface area (Å²) in [6, 6.07) is 13.4. The third kappa shape index (κ3) is 4.67. The number of aliphatic hydroxyl groups excluding tert-OH is 1. The Morgan fingerprint density at radius 1 is 1.11 bits per heavy atom. The van der Waals surface area contributed by atoms with Crippen LogP contribution in [0.5, 0.6) is 0 Å². The predicted molar refractivity (Wildman–Crippen MR) is 105 cm³/mol. The van der Waals surface area contributed by atoms with E-state index in [1.165, 1.54) is 41.3 Å². The van der Waals surface area contributed by atoms with Crippen LogP contribution >= 0.6 is 0 Å². The lowest BCUT2D eigenvalue weighted by Crippen LogP contribution is -3.11. The number of non-ortho nitro benzene ring substituents is 1. The molecule has 0 aromatic heterocycles. The van der Waals surface area contributed by atoms with Crippen LogP contribution in [0.2, 0.25) is 0 Å². The molecule has 2 aromatic carbocycles. The molecule has 3 rings (SSSR count). The SMILES string of the molecule is O=[N+]([O-])c1cccc(N(C[C@H](O)C[NH+]2CCCC2)S(=O)(=O)c2ccccc2)c1. The van der Waals surface area contributed by atoms with Gasteiger partial charge in [0.25, 0.3) is 15.7 Å². The number of hydrogen-bond donors (Lipinski definition) is 2. The fraction of sp³-hybridized carbons (Fsp3) is 0.368. The summed E-state index contributed by atoms with van der Waals surface area (Å²) in [6.45, 7) is 2.19. The average molecular weight is 406 g/mol. The molecule has 28 heavy (non-hydrogen) atoms. The van der Waals surface area contributed by atoms with Gasteiger partial charge in [-0.25, -0.2) is 8.42 Å². The van der Waals surface area contributed by atoms with Crippen LogP contribution in [0.4, 0.5) is 11.4 Å². The minimum absolute atomic E-state index is 0.0715. The van der Waals surface area contributed by atoms with E-state index in [-0.39, 0.29) is 22.8 Å². The van der Waals surface area contributed by atoms with Crippen LogP contribution in [0.25, 0.3) is 0 Å². The van der Waals surface area contributed by atoms with Gasteiger partial charge in [-0.05, 0) is 18.2 Å². The fourth-order valence-electron chi connectivity index (χ4n) is 3.49. The molecular weight excluding hydrogens is 382 g/mol. The Hall–Kier alpha value is -2.49. The maximum Gasteiger partial charge on any atom is 0.271 e. The molecule has 0 saturated carbocycles. The number of likely N-dealkylation sites (tertiary alicyclic amines) is 1. The first kappa shape index (κ1) is 20.2. The summed E-state index contributed by atoms with van der Waals surface area (Å²) in [5.41, 5.74) is -0.0426. The lowest BCUT2D eigenvalue weighted by Gasteiger charge is -2.27. The zero-order valence-electron chi connectivity index (χ0n) is 15.4. The highest BCUT2D eigenvalue weighted by Crippen LogP contribution is 2.27. The van der Waals surface area contributed by atoms with Gasteiger partial charge in [0.1, 0.15) is 12.6 Å². The normalized spacial score (nSPS) is 16.0. The van der Waals surface area contributed by atoms with Gasteiger partial charge in [0.15, 0.2) is 0 Å². The van der Waals surface area contributed by atoms with Gasteiger partial charge in [0.05, 0.1) is 35.1 Å². The van der Waals surface area contributed by atoms with Crippen molar-refractivity contribution in [3.05, 3.63) is 64.7 Å². The third-order valence-electron chi connectivity index (χ3n) is 4.87. The summed E-state index contributed by atoms with van der Waals surface area (Å²) < 4.78 is 27.5. The van der Waals surface area contributed by atoms with Gasteiger partial charge < -0.3 is 10.0 Å². The maximum atomic E-state index is 13.2. The van der Waals surface area contributed by atoms with E-state index in [2.05, 4.69) is 0 Å². The number of rotatable bonds is 8. The summed E-state index contributed by atoms with van der Waals surface area (Å²) in [5.74, 6) is 0. The number of nitro benzene ring substituents is 1. The van der Waals surface area contributed by atoms with Crippen LogP contribution in [0.1, 0.15) is 12.8 Å². The van der Waals surface area contributed by atoms with E-state index in [1.807, 2.05) is 0 Å². The van der Waals surface area contributed by atoms with Crippen LogP contribution in [-0.2, 0) is 10.0 Å². The Labute approximate surface area is 164 Å². The number of benzene rings is 2. The second kappa shape index (κ2) is 8.68. The van der Waals surface area contributed by atoms with E-state index >= 15 is 0 Å². The van der Waals surface area contributed by atoms with Crippen LogP contribution < -0.4 is 9.21 Å². The summed E-state index contributed by atoms with van der Waals surface area (Å²) in [7, 11) is -3.98. The minimum atomic E-state index is -3.98. The van der Waals surface area contributed by atoms with Gasteiger partial charge in [-0.15, -0.1) is 0 Å². The summed E-state index contributed by atoms with van der Waals surface area (Å²) in [6.07, 6.45) is 1.31. The second-order valence-corrected chi connectivity index (χ2v) is 8.80.